The molecule has 118 valence electrons. The Balaban J connectivity index is 1.95. The summed E-state index contributed by atoms with van der Waals surface area (Å²) in [6.45, 7) is 3.85. The summed E-state index contributed by atoms with van der Waals surface area (Å²) in [6.07, 6.45) is 0.516. The Bertz CT molecular complexity index is 635. The molecule has 0 saturated heterocycles. The fourth-order valence-corrected chi connectivity index (χ4v) is 3.64. The molecule has 0 saturated carbocycles. The van der Waals surface area contributed by atoms with Gasteiger partial charge in [0.15, 0.2) is 0 Å². The van der Waals surface area contributed by atoms with E-state index in [-0.39, 0.29) is 18.2 Å². The molecular weight excluding hydrogens is 320 g/mol. The highest BCUT2D eigenvalue weighted by Crippen LogP contribution is 2.27. The molecule has 0 bridgehead atoms. The van der Waals surface area contributed by atoms with Crippen LogP contribution in [0.1, 0.15) is 26.0 Å². The molecule has 2 aromatic rings. The van der Waals surface area contributed by atoms with Gasteiger partial charge in [-0.1, -0.05) is 19.9 Å². The number of nitrogens with one attached hydrogen (secondary N) is 1. The topological polar surface area (TPSA) is 79.3 Å². The Morgan fingerprint density at radius 3 is 2.73 bits per heavy atom. The second-order valence-corrected chi connectivity index (χ2v) is 7.19. The summed E-state index contributed by atoms with van der Waals surface area (Å²) < 4.78 is 0. The molecule has 1 amide bonds. The quantitative estimate of drug-likeness (QED) is 0.813. The summed E-state index contributed by atoms with van der Waals surface area (Å²) in [6, 6.07) is 3.09. The smallest absolute Gasteiger partial charge is 0.326 e. The van der Waals surface area contributed by atoms with Crippen LogP contribution in [0.4, 0.5) is 0 Å². The Labute approximate surface area is 137 Å². The first-order valence-corrected chi connectivity index (χ1v) is 8.72. The Kier molecular flexibility index (Phi) is 5.68. The van der Waals surface area contributed by atoms with Crippen LogP contribution in [0.2, 0.25) is 0 Å². The Hall–Kier alpha value is -1.73. The average molecular weight is 338 g/mol. The van der Waals surface area contributed by atoms with Gasteiger partial charge in [0.25, 0.3) is 0 Å². The standard InChI is InChI=1S/C15H18N2O3S2/c1-9(2)6-11(15(19)20)17-13(18)7-10-8-22-14(16-10)12-4-3-5-21-12/h3-5,8-9,11H,6-7H2,1-2H3,(H,17,18)(H,19,20). The number of thiophene rings is 1. The molecule has 5 nitrogen and oxygen atoms in total. The number of hydrogen-bond acceptors (Lipinski definition) is 5. The SMILES string of the molecule is CC(C)CC(NC(=O)Cc1csc(-c2cccs2)n1)C(=O)O. The largest absolute Gasteiger partial charge is 0.480 e. The van der Waals surface area contributed by atoms with Crippen molar-refractivity contribution < 1.29 is 14.7 Å². The molecule has 22 heavy (non-hydrogen) atoms. The molecule has 0 aliphatic heterocycles. The van der Waals surface area contributed by atoms with E-state index in [9.17, 15) is 9.59 Å². The van der Waals surface area contributed by atoms with E-state index in [2.05, 4.69) is 10.3 Å². The van der Waals surface area contributed by atoms with Gasteiger partial charge in [-0.2, -0.15) is 0 Å². The maximum Gasteiger partial charge on any atom is 0.326 e. The van der Waals surface area contributed by atoms with Gasteiger partial charge in [-0.3, -0.25) is 4.79 Å². The van der Waals surface area contributed by atoms with Crippen LogP contribution in [0.5, 0.6) is 0 Å². The molecule has 1 atom stereocenters. The van der Waals surface area contributed by atoms with Gasteiger partial charge in [0, 0.05) is 5.38 Å². The van der Waals surface area contributed by atoms with Gasteiger partial charge >= 0.3 is 5.97 Å². The molecule has 0 aliphatic carbocycles. The van der Waals surface area contributed by atoms with Crippen molar-refractivity contribution in [3.63, 3.8) is 0 Å². The number of carbonyl (C=O) groups is 2. The number of carboxylic acid groups (broad SMARTS) is 1. The minimum absolute atomic E-state index is 0.101. The van der Waals surface area contributed by atoms with E-state index in [4.69, 9.17) is 5.11 Å². The normalized spacial score (nSPS) is 12.3. The fourth-order valence-electron chi connectivity index (χ4n) is 2.00. The molecule has 7 heteroatoms. The highest BCUT2D eigenvalue weighted by molar-refractivity contribution is 7.20. The minimum Gasteiger partial charge on any atom is -0.480 e. The van der Waals surface area contributed by atoms with Gasteiger partial charge in [0.2, 0.25) is 5.91 Å². The molecule has 0 spiro atoms. The van der Waals surface area contributed by atoms with Crippen molar-refractivity contribution in [1.29, 1.82) is 0 Å². The van der Waals surface area contributed by atoms with Gasteiger partial charge < -0.3 is 10.4 Å². The number of hydrogen-bond donors (Lipinski definition) is 2. The number of aromatic nitrogens is 1. The summed E-state index contributed by atoms with van der Waals surface area (Å²) in [7, 11) is 0. The first-order valence-electron chi connectivity index (χ1n) is 6.96. The summed E-state index contributed by atoms with van der Waals surface area (Å²) in [5, 5.41) is 16.4. The highest BCUT2D eigenvalue weighted by atomic mass is 32.1. The predicted molar refractivity (Wildman–Crippen MR) is 88.2 cm³/mol. The van der Waals surface area contributed by atoms with Crippen molar-refractivity contribution in [2.24, 2.45) is 5.92 Å². The van der Waals surface area contributed by atoms with E-state index < -0.39 is 12.0 Å². The van der Waals surface area contributed by atoms with Gasteiger partial charge in [0.1, 0.15) is 11.0 Å². The van der Waals surface area contributed by atoms with E-state index in [1.54, 1.807) is 11.3 Å². The third kappa shape index (κ3) is 4.64. The molecule has 0 aliphatic rings. The van der Waals surface area contributed by atoms with Crippen LogP contribution in [0.3, 0.4) is 0 Å². The van der Waals surface area contributed by atoms with Crippen molar-refractivity contribution in [3.8, 4) is 9.88 Å². The monoisotopic (exact) mass is 338 g/mol. The zero-order valence-corrected chi connectivity index (χ0v) is 14.0. The minimum atomic E-state index is -1.00. The van der Waals surface area contributed by atoms with Crippen molar-refractivity contribution >= 4 is 34.6 Å². The lowest BCUT2D eigenvalue weighted by molar-refractivity contribution is -0.142. The summed E-state index contributed by atoms with van der Waals surface area (Å²) >= 11 is 3.09. The number of rotatable bonds is 7. The second kappa shape index (κ2) is 7.51. The Morgan fingerprint density at radius 1 is 1.36 bits per heavy atom. The molecule has 2 N–H and O–H groups in total. The van der Waals surface area contributed by atoms with Gasteiger partial charge in [0.05, 0.1) is 17.0 Å². The van der Waals surface area contributed by atoms with Crippen LogP contribution >= 0.6 is 22.7 Å². The van der Waals surface area contributed by atoms with Crippen LogP contribution in [-0.4, -0.2) is 28.0 Å². The van der Waals surface area contributed by atoms with E-state index in [0.29, 0.717) is 12.1 Å². The van der Waals surface area contributed by atoms with Crippen LogP contribution in [0.25, 0.3) is 9.88 Å². The maximum atomic E-state index is 12.0. The van der Waals surface area contributed by atoms with Crippen molar-refractivity contribution in [2.75, 3.05) is 0 Å². The summed E-state index contributed by atoms with van der Waals surface area (Å²) in [5.41, 5.74) is 0.666. The molecule has 0 aromatic carbocycles. The van der Waals surface area contributed by atoms with Gasteiger partial charge in [-0.25, -0.2) is 9.78 Å². The lowest BCUT2D eigenvalue weighted by Crippen LogP contribution is -2.42. The molecule has 2 heterocycles. The van der Waals surface area contributed by atoms with Crippen molar-refractivity contribution in [3.05, 3.63) is 28.6 Å². The van der Waals surface area contributed by atoms with E-state index >= 15 is 0 Å². The van der Waals surface area contributed by atoms with Crippen LogP contribution in [-0.2, 0) is 16.0 Å². The summed E-state index contributed by atoms with van der Waals surface area (Å²) in [4.78, 5) is 28.6. The molecule has 1 unspecified atom stereocenters. The molecule has 0 fully saturated rings. The van der Waals surface area contributed by atoms with E-state index in [1.807, 2.05) is 36.7 Å². The van der Waals surface area contributed by atoms with E-state index in [0.717, 1.165) is 9.88 Å². The molecule has 2 rings (SSSR count). The number of nitrogens with zero attached hydrogens (tertiary/aromatic N) is 1. The first-order chi connectivity index (χ1) is 10.5. The lowest BCUT2D eigenvalue weighted by Gasteiger charge is -2.16. The number of carboxylic acids is 1. The summed E-state index contributed by atoms with van der Waals surface area (Å²) in [5.74, 6) is -1.11. The second-order valence-electron chi connectivity index (χ2n) is 5.39. The third-order valence-electron chi connectivity index (χ3n) is 2.97. The maximum absolute atomic E-state index is 12.0. The lowest BCUT2D eigenvalue weighted by atomic mass is 10.0. The van der Waals surface area contributed by atoms with Crippen LogP contribution in [0, 0.1) is 5.92 Å². The number of carbonyl (C=O) groups excluding carboxylic acids is 1. The zero-order chi connectivity index (χ0) is 16.1. The van der Waals surface area contributed by atoms with Gasteiger partial charge in [-0.15, -0.1) is 22.7 Å². The molecular formula is C15H18N2O3S2. The average Bonchev–Trinajstić information content (AvgIpc) is 3.07. The predicted octanol–water partition coefficient (Wildman–Crippen LogP) is 3.03. The number of amides is 1. The Morgan fingerprint density at radius 2 is 2.14 bits per heavy atom. The number of thiazole rings is 1. The van der Waals surface area contributed by atoms with Crippen molar-refractivity contribution in [1.82, 2.24) is 10.3 Å². The molecule has 2 aromatic heterocycles. The first kappa shape index (κ1) is 16.6. The van der Waals surface area contributed by atoms with Crippen LogP contribution < -0.4 is 5.32 Å². The highest BCUT2D eigenvalue weighted by Gasteiger charge is 2.21. The van der Waals surface area contributed by atoms with Crippen molar-refractivity contribution in [2.45, 2.75) is 32.7 Å². The number of aliphatic carboxylic acids is 1. The van der Waals surface area contributed by atoms with Crippen LogP contribution in [0.15, 0.2) is 22.9 Å². The fraction of sp³-hybridized carbons (Fsp3) is 0.400. The van der Waals surface area contributed by atoms with Gasteiger partial charge in [-0.05, 0) is 23.8 Å². The van der Waals surface area contributed by atoms with E-state index in [1.165, 1.54) is 11.3 Å². The molecule has 0 radical (unpaired) electrons. The zero-order valence-electron chi connectivity index (χ0n) is 12.4. The third-order valence-corrected chi connectivity index (χ3v) is 4.90.